The third-order valence-corrected chi connectivity index (χ3v) is 3.69. The highest BCUT2D eigenvalue weighted by molar-refractivity contribution is 5.39. The van der Waals surface area contributed by atoms with E-state index in [1.54, 1.807) is 0 Å². The van der Waals surface area contributed by atoms with E-state index in [-0.39, 0.29) is 5.69 Å². The maximum Gasteiger partial charge on any atom is 0.394 e. The molecule has 1 fully saturated rings. The molecule has 0 atom stereocenters. The Morgan fingerprint density at radius 1 is 1.30 bits per heavy atom. The van der Waals surface area contributed by atoms with Gasteiger partial charge in [-0.25, -0.2) is 9.97 Å². The van der Waals surface area contributed by atoms with E-state index in [4.69, 9.17) is 0 Å². The third-order valence-electron chi connectivity index (χ3n) is 3.69. The number of halogens is 3. The molecule has 2 rings (SSSR count). The lowest BCUT2D eigenvalue weighted by Crippen LogP contribution is -2.42. The summed E-state index contributed by atoms with van der Waals surface area (Å²) in [7, 11) is 3.96. The number of aromatic nitrogens is 2. The molecule has 1 aromatic rings. The molecule has 0 aliphatic carbocycles. The van der Waals surface area contributed by atoms with E-state index in [1.807, 2.05) is 11.9 Å². The summed E-state index contributed by atoms with van der Waals surface area (Å²) < 4.78 is 37.2. The minimum absolute atomic E-state index is 0.0160. The minimum atomic E-state index is -4.24. The molecular formula is C13H19F3N4. The van der Waals surface area contributed by atoms with Crippen molar-refractivity contribution in [2.45, 2.75) is 31.5 Å². The lowest BCUT2D eigenvalue weighted by atomic mass is 10.0. The van der Waals surface area contributed by atoms with Crippen LogP contribution in [0.1, 0.15) is 18.5 Å². The van der Waals surface area contributed by atoms with Gasteiger partial charge in [-0.05, 0) is 33.0 Å². The molecule has 1 aliphatic heterocycles. The number of rotatable bonds is 3. The standard InChI is InChI=1S/C13H19F3N4/c1-19-5-3-11(4-6-19)20(2)12-7-10(17-9-18-12)8-13(14,15)16/h7,9,11H,3-6,8H2,1-2H3. The summed E-state index contributed by atoms with van der Waals surface area (Å²) in [6.45, 7) is 1.99. The minimum Gasteiger partial charge on any atom is -0.356 e. The van der Waals surface area contributed by atoms with Crippen molar-refractivity contribution in [3.63, 3.8) is 0 Å². The fraction of sp³-hybridized carbons (Fsp3) is 0.692. The summed E-state index contributed by atoms with van der Waals surface area (Å²) in [6, 6.07) is 1.76. The van der Waals surface area contributed by atoms with E-state index in [2.05, 4.69) is 21.9 Å². The van der Waals surface area contributed by atoms with Crippen LogP contribution in [0.15, 0.2) is 12.4 Å². The SMILES string of the molecule is CN1CCC(N(C)c2cc(CC(F)(F)F)ncn2)CC1. The average Bonchev–Trinajstić information content (AvgIpc) is 2.37. The fourth-order valence-electron chi connectivity index (χ4n) is 2.45. The Hall–Kier alpha value is -1.37. The van der Waals surface area contributed by atoms with Crippen LogP contribution in [0, 0.1) is 0 Å². The Labute approximate surface area is 116 Å². The normalized spacial score (nSPS) is 18.2. The second-order valence-corrected chi connectivity index (χ2v) is 5.30. The van der Waals surface area contributed by atoms with Gasteiger partial charge in [-0.2, -0.15) is 13.2 Å². The van der Waals surface area contributed by atoms with Crippen LogP contribution in [0.25, 0.3) is 0 Å². The van der Waals surface area contributed by atoms with E-state index in [1.165, 1.54) is 12.4 Å². The van der Waals surface area contributed by atoms with Crippen LogP contribution in [0.2, 0.25) is 0 Å². The predicted molar refractivity (Wildman–Crippen MR) is 70.7 cm³/mol. The largest absolute Gasteiger partial charge is 0.394 e. The van der Waals surface area contributed by atoms with Gasteiger partial charge in [-0.15, -0.1) is 0 Å². The van der Waals surface area contributed by atoms with Crippen LogP contribution < -0.4 is 4.90 Å². The van der Waals surface area contributed by atoms with Gasteiger partial charge in [0, 0.05) is 19.2 Å². The van der Waals surface area contributed by atoms with Crippen molar-refractivity contribution < 1.29 is 13.2 Å². The highest BCUT2D eigenvalue weighted by Crippen LogP contribution is 2.23. The summed E-state index contributed by atoms with van der Waals surface area (Å²) in [4.78, 5) is 12.0. The lowest BCUT2D eigenvalue weighted by Gasteiger charge is -2.35. The molecule has 0 bridgehead atoms. The molecule has 20 heavy (non-hydrogen) atoms. The first-order valence-corrected chi connectivity index (χ1v) is 6.64. The van der Waals surface area contributed by atoms with E-state index in [0.29, 0.717) is 11.9 Å². The molecule has 1 aromatic heterocycles. The molecule has 0 spiro atoms. The molecule has 4 nitrogen and oxygen atoms in total. The van der Waals surface area contributed by atoms with E-state index >= 15 is 0 Å². The summed E-state index contributed by atoms with van der Waals surface area (Å²) in [5, 5.41) is 0. The Balaban J connectivity index is 2.06. The Morgan fingerprint density at radius 2 is 1.95 bits per heavy atom. The number of likely N-dealkylation sites (tertiary alicyclic amines) is 1. The van der Waals surface area contributed by atoms with Crippen LogP contribution in [0.5, 0.6) is 0 Å². The topological polar surface area (TPSA) is 32.3 Å². The second-order valence-electron chi connectivity index (χ2n) is 5.30. The summed E-state index contributed by atoms with van der Waals surface area (Å²) in [5.41, 5.74) is 0.0160. The van der Waals surface area contributed by atoms with Crippen LogP contribution in [0.4, 0.5) is 19.0 Å². The summed E-state index contributed by atoms with van der Waals surface area (Å²) in [5.74, 6) is 0.564. The zero-order valence-electron chi connectivity index (χ0n) is 11.7. The number of hydrogen-bond donors (Lipinski definition) is 0. The van der Waals surface area contributed by atoms with Crippen LogP contribution >= 0.6 is 0 Å². The molecule has 1 aliphatic rings. The lowest BCUT2D eigenvalue weighted by molar-refractivity contribution is -0.127. The molecule has 0 saturated carbocycles. The van der Waals surface area contributed by atoms with Gasteiger partial charge in [0.2, 0.25) is 0 Å². The first-order valence-electron chi connectivity index (χ1n) is 6.64. The zero-order valence-corrected chi connectivity index (χ0v) is 11.7. The molecule has 1 saturated heterocycles. The van der Waals surface area contributed by atoms with Gasteiger partial charge in [0.1, 0.15) is 12.1 Å². The van der Waals surface area contributed by atoms with Crippen molar-refractivity contribution in [2.75, 3.05) is 32.1 Å². The number of nitrogens with zero attached hydrogens (tertiary/aromatic N) is 4. The molecule has 0 N–H and O–H groups in total. The maximum atomic E-state index is 12.4. The van der Waals surface area contributed by atoms with Crippen molar-refractivity contribution >= 4 is 5.82 Å². The highest BCUT2D eigenvalue weighted by atomic mass is 19.4. The van der Waals surface area contributed by atoms with Gasteiger partial charge >= 0.3 is 6.18 Å². The molecule has 0 unspecified atom stereocenters. The highest BCUT2D eigenvalue weighted by Gasteiger charge is 2.29. The Bertz CT molecular complexity index is 441. The molecular weight excluding hydrogens is 269 g/mol. The molecule has 112 valence electrons. The molecule has 0 radical (unpaired) electrons. The van der Waals surface area contributed by atoms with E-state index in [9.17, 15) is 13.2 Å². The summed E-state index contributed by atoms with van der Waals surface area (Å²) in [6.07, 6.45) is -2.05. The van der Waals surface area contributed by atoms with Crippen molar-refractivity contribution in [3.05, 3.63) is 18.1 Å². The van der Waals surface area contributed by atoms with Gasteiger partial charge in [0.05, 0.1) is 12.1 Å². The van der Waals surface area contributed by atoms with Gasteiger partial charge in [-0.3, -0.25) is 0 Å². The average molecular weight is 288 g/mol. The summed E-state index contributed by atoms with van der Waals surface area (Å²) >= 11 is 0. The number of anilines is 1. The van der Waals surface area contributed by atoms with Crippen LogP contribution in [-0.2, 0) is 6.42 Å². The molecule has 0 amide bonds. The van der Waals surface area contributed by atoms with Crippen molar-refractivity contribution in [2.24, 2.45) is 0 Å². The predicted octanol–water partition coefficient (Wildman–Crippen LogP) is 2.11. The van der Waals surface area contributed by atoms with Gasteiger partial charge in [-0.1, -0.05) is 0 Å². The van der Waals surface area contributed by atoms with E-state index in [0.717, 1.165) is 25.9 Å². The third kappa shape index (κ3) is 4.06. The number of alkyl halides is 3. The monoisotopic (exact) mass is 288 g/mol. The molecule has 0 aromatic carbocycles. The van der Waals surface area contributed by atoms with Crippen molar-refractivity contribution in [1.82, 2.24) is 14.9 Å². The smallest absolute Gasteiger partial charge is 0.356 e. The number of hydrogen-bond acceptors (Lipinski definition) is 4. The van der Waals surface area contributed by atoms with Gasteiger partial charge in [0.15, 0.2) is 0 Å². The first-order chi connectivity index (χ1) is 9.35. The number of piperidine rings is 1. The quantitative estimate of drug-likeness (QED) is 0.853. The first kappa shape index (κ1) is 15.0. The van der Waals surface area contributed by atoms with Crippen molar-refractivity contribution in [1.29, 1.82) is 0 Å². The molecule has 2 heterocycles. The van der Waals surface area contributed by atoms with Crippen LogP contribution in [0.3, 0.4) is 0 Å². The van der Waals surface area contributed by atoms with E-state index < -0.39 is 12.6 Å². The second kappa shape index (κ2) is 5.95. The Kier molecular flexibility index (Phi) is 4.47. The maximum absolute atomic E-state index is 12.4. The Morgan fingerprint density at radius 3 is 2.55 bits per heavy atom. The van der Waals surface area contributed by atoms with Gasteiger partial charge in [0.25, 0.3) is 0 Å². The molecule has 7 heteroatoms. The fourth-order valence-corrected chi connectivity index (χ4v) is 2.45. The van der Waals surface area contributed by atoms with Crippen molar-refractivity contribution in [3.8, 4) is 0 Å². The zero-order chi connectivity index (χ0) is 14.8. The van der Waals surface area contributed by atoms with Gasteiger partial charge < -0.3 is 9.80 Å². The van der Waals surface area contributed by atoms with Crippen LogP contribution in [-0.4, -0.2) is 54.3 Å².